The van der Waals surface area contributed by atoms with Gasteiger partial charge in [-0.3, -0.25) is 19.8 Å². The van der Waals surface area contributed by atoms with E-state index in [0.29, 0.717) is 36.8 Å². The van der Waals surface area contributed by atoms with Gasteiger partial charge in [0.25, 0.3) is 5.69 Å². The van der Waals surface area contributed by atoms with E-state index in [1.165, 1.54) is 36.7 Å². The molecule has 30 heavy (non-hydrogen) atoms. The molecule has 2 aliphatic rings. The van der Waals surface area contributed by atoms with Crippen LogP contribution >= 0.6 is 11.3 Å². The minimum absolute atomic E-state index is 0.00363. The molecule has 0 spiro atoms. The number of nitrogens with zero attached hydrogens (tertiary/aromatic N) is 4. The second-order valence-corrected chi connectivity index (χ2v) is 8.84. The first kappa shape index (κ1) is 20.7. The van der Waals surface area contributed by atoms with Crippen LogP contribution in [0.15, 0.2) is 29.6 Å². The van der Waals surface area contributed by atoms with Crippen molar-refractivity contribution in [2.75, 3.05) is 36.4 Å². The molecule has 0 bridgehead atoms. The van der Waals surface area contributed by atoms with Gasteiger partial charge in [0.2, 0.25) is 5.91 Å². The quantitative estimate of drug-likeness (QED) is 0.553. The highest BCUT2D eigenvalue weighted by Crippen LogP contribution is 2.31. The fraction of sp³-hybridized carbons (Fsp3) is 0.524. The number of para-hydroxylation sites is 2. The number of hydrogen-bond acceptors (Lipinski definition) is 7. The van der Waals surface area contributed by atoms with Crippen molar-refractivity contribution in [3.63, 3.8) is 0 Å². The SMILES string of the molecule is O=C(Nc1nc(CN2CCCCC2)cs1)C1CCN(c2ccccc2[N+](=O)[O-])CC1. The average Bonchev–Trinajstić information content (AvgIpc) is 3.21. The third-order valence-corrected chi connectivity index (χ3v) is 6.71. The zero-order valence-electron chi connectivity index (χ0n) is 17.0. The molecule has 2 aliphatic heterocycles. The van der Waals surface area contributed by atoms with E-state index in [1.54, 1.807) is 12.1 Å². The lowest BCUT2D eigenvalue weighted by atomic mass is 9.95. The molecule has 1 aromatic carbocycles. The number of aromatic nitrogens is 1. The van der Waals surface area contributed by atoms with Gasteiger partial charge in [0.05, 0.1) is 10.6 Å². The summed E-state index contributed by atoms with van der Waals surface area (Å²) in [6.07, 6.45) is 5.15. The topological polar surface area (TPSA) is 91.6 Å². The van der Waals surface area contributed by atoms with Gasteiger partial charge in [0.15, 0.2) is 5.13 Å². The van der Waals surface area contributed by atoms with E-state index in [2.05, 4.69) is 15.2 Å². The number of thiazole rings is 1. The van der Waals surface area contributed by atoms with E-state index in [4.69, 9.17) is 0 Å². The lowest BCUT2D eigenvalue weighted by molar-refractivity contribution is -0.384. The number of hydrogen-bond donors (Lipinski definition) is 1. The molecule has 0 saturated carbocycles. The van der Waals surface area contributed by atoms with Gasteiger partial charge in [-0.05, 0) is 44.8 Å². The van der Waals surface area contributed by atoms with Crippen molar-refractivity contribution in [1.82, 2.24) is 9.88 Å². The molecule has 9 heteroatoms. The van der Waals surface area contributed by atoms with E-state index >= 15 is 0 Å². The molecule has 160 valence electrons. The van der Waals surface area contributed by atoms with Gasteiger partial charge < -0.3 is 10.2 Å². The first-order chi connectivity index (χ1) is 14.6. The summed E-state index contributed by atoms with van der Waals surface area (Å²) < 4.78 is 0. The monoisotopic (exact) mass is 429 g/mol. The van der Waals surface area contributed by atoms with Gasteiger partial charge in [0.1, 0.15) is 5.69 Å². The Labute approximate surface area is 180 Å². The Morgan fingerprint density at radius 2 is 1.90 bits per heavy atom. The number of carbonyl (C=O) groups is 1. The third-order valence-electron chi connectivity index (χ3n) is 5.90. The fourth-order valence-corrected chi connectivity index (χ4v) is 4.96. The summed E-state index contributed by atoms with van der Waals surface area (Å²) in [6.45, 7) is 4.34. The number of piperidine rings is 2. The Hall–Kier alpha value is -2.52. The van der Waals surface area contributed by atoms with Crippen molar-refractivity contribution in [2.45, 2.75) is 38.6 Å². The zero-order valence-corrected chi connectivity index (χ0v) is 17.8. The lowest BCUT2D eigenvalue weighted by Gasteiger charge is -2.32. The Morgan fingerprint density at radius 3 is 2.63 bits per heavy atom. The maximum Gasteiger partial charge on any atom is 0.292 e. The second kappa shape index (κ2) is 9.53. The van der Waals surface area contributed by atoms with Gasteiger partial charge in [-0.15, -0.1) is 11.3 Å². The molecule has 8 nitrogen and oxygen atoms in total. The molecule has 1 N–H and O–H groups in total. The summed E-state index contributed by atoms with van der Waals surface area (Å²) in [5.74, 6) is -0.102. The summed E-state index contributed by atoms with van der Waals surface area (Å²) in [5, 5.41) is 16.9. The van der Waals surface area contributed by atoms with E-state index in [0.717, 1.165) is 25.3 Å². The van der Waals surface area contributed by atoms with Crippen LogP contribution in [-0.4, -0.2) is 46.9 Å². The average molecular weight is 430 g/mol. The van der Waals surface area contributed by atoms with Crippen LogP contribution in [0.4, 0.5) is 16.5 Å². The van der Waals surface area contributed by atoms with E-state index < -0.39 is 0 Å². The van der Waals surface area contributed by atoms with Crippen LogP contribution in [0, 0.1) is 16.0 Å². The van der Waals surface area contributed by atoms with Gasteiger partial charge >= 0.3 is 0 Å². The standard InChI is InChI=1S/C21H27N5O3S/c27-20(23-21-22-17(15-30-21)14-24-10-4-1-5-11-24)16-8-12-25(13-9-16)18-6-2-3-7-19(18)26(28)29/h2-3,6-7,15-16H,1,4-5,8-14H2,(H,22,23,27). The molecule has 2 saturated heterocycles. The maximum atomic E-state index is 12.7. The number of nitro benzene ring substituents is 1. The highest BCUT2D eigenvalue weighted by molar-refractivity contribution is 7.13. The normalized spacial score (nSPS) is 18.3. The molecule has 3 heterocycles. The number of likely N-dealkylation sites (tertiary alicyclic amines) is 1. The lowest BCUT2D eigenvalue weighted by Crippen LogP contribution is -2.38. The largest absolute Gasteiger partial charge is 0.366 e. The Kier molecular flexibility index (Phi) is 6.59. The van der Waals surface area contributed by atoms with Crippen molar-refractivity contribution in [3.05, 3.63) is 45.5 Å². The van der Waals surface area contributed by atoms with Crippen molar-refractivity contribution >= 4 is 33.8 Å². The molecule has 1 aromatic heterocycles. The highest BCUT2D eigenvalue weighted by Gasteiger charge is 2.28. The molecule has 2 fully saturated rings. The number of rotatable bonds is 6. The van der Waals surface area contributed by atoms with Gasteiger partial charge in [-0.2, -0.15) is 0 Å². The molecule has 0 aliphatic carbocycles. The number of anilines is 2. The summed E-state index contributed by atoms with van der Waals surface area (Å²) in [7, 11) is 0. The molecule has 1 amide bonds. The molecular weight excluding hydrogens is 402 g/mol. The number of carbonyl (C=O) groups excluding carboxylic acids is 1. The van der Waals surface area contributed by atoms with Crippen LogP contribution in [0.25, 0.3) is 0 Å². The molecule has 0 radical (unpaired) electrons. The van der Waals surface area contributed by atoms with Crippen LogP contribution in [0.3, 0.4) is 0 Å². The fourth-order valence-electron chi connectivity index (χ4n) is 4.26. The van der Waals surface area contributed by atoms with Crippen LogP contribution in [0.2, 0.25) is 0 Å². The summed E-state index contributed by atoms with van der Waals surface area (Å²) in [6, 6.07) is 6.79. The molecule has 0 unspecified atom stereocenters. The van der Waals surface area contributed by atoms with Gasteiger partial charge in [0, 0.05) is 37.0 Å². The van der Waals surface area contributed by atoms with Crippen molar-refractivity contribution in [2.24, 2.45) is 5.92 Å². The number of benzene rings is 1. The third kappa shape index (κ3) is 4.96. The van der Waals surface area contributed by atoms with Gasteiger partial charge in [-0.1, -0.05) is 18.6 Å². The van der Waals surface area contributed by atoms with Crippen LogP contribution < -0.4 is 10.2 Å². The molecule has 0 atom stereocenters. The Morgan fingerprint density at radius 1 is 1.17 bits per heavy atom. The summed E-state index contributed by atoms with van der Waals surface area (Å²) in [4.78, 5) is 32.6. The Balaban J connectivity index is 1.29. The van der Waals surface area contributed by atoms with E-state index in [-0.39, 0.29) is 22.4 Å². The van der Waals surface area contributed by atoms with Crippen LogP contribution in [0.1, 0.15) is 37.8 Å². The predicted molar refractivity (Wildman–Crippen MR) is 118 cm³/mol. The Bertz CT molecular complexity index is 888. The predicted octanol–water partition coefficient (Wildman–Crippen LogP) is 3.89. The van der Waals surface area contributed by atoms with Crippen LogP contribution in [-0.2, 0) is 11.3 Å². The van der Waals surface area contributed by atoms with Crippen molar-refractivity contribution in [1.29, 1.82) is 0 Å². The van der Waals surface area contributed by atoms with Gasteiger partial charge in [-0.25, -0.2) is 4.98 Å². The second-order valence-electron chi connectivity index (χ2n) is 7.98. The van der Waals surface area contributed by atoms with Crippen molar-refractivity contribution in [3.8, 4) is 0 Å². The highest BCUT2D eigenvalue weighted by atomic mass is 32.1. The minimum Gasteiger partial charge on any atom is -0.366 e. The number of nitro groups is 1. The number of nitrogens with one attached hydrogen (secondary N) is 1. The summed E-state index contributed by atoms with van der Waals surface area (Å²) >= 11 is 1.48. The molecular formula is C21H27N5O3S. The smallest absolute Gasteiger partial charge is 0.292 e. The minimum atomic E-state index is -0.349. The first-order valence-corrected chi connectivity index (χ1v) is 11.4. The van der Waals surface area contributed by atoms with Crippen molar-refractivity contribution < 1.29 is 9.72 Å². The molecule has 2 aromatic rings. The molecule has 4 rings (SSSR count). The number of amides is 1. The van der Waals surface area contributed by atoms with E-state index in [9.17, 15) is 14.9 Å². The maximum absolute atomic E-state index is 12.7. The first-order valence-electron chi connectivity index (χ1n) is 10.6. The van der Waals surface area contributed by atoms with Crippen LogP contribution in [0.5, 0.6) is 0 Å². The van der Waals surface area contributed by atoms with E-state index in [1.807, 2.05) is 16.3 Å². The zero-order chi connectivity index (χ0) is 20.9. The summed E-state index contributed by atoms with van der Waals surface area (Å²) in [5.41, 5.74) is 1.76.